The van der Waals surface area contributed by atoms with E-state index < -0.39 is 17.7 Å². The maximum absolute atomic E-state index is 15.8. The Morgan fingerprint density at radius 1 is 0.182 bits per heavy atom. The summed E-state index contributed by atoms with van der Waals surface area (Å²) >= 11 is 0. The molecule has 4 aromatic carbocycles. The minimum absolute atomic E-state index is 0.292. The number of amides is 3. The number of anilines is 3. The van der Waals surface area contributed by atoms with Crippen LogP contribution in [0.3, 0.4) is 0 Å². The number of carbonyl (C=O) groups is 3. The van der Waals surface area contributed by atoms with Crippen LogP contribution in [0, 0.1) is 107 Å². The number of nitrogens with one attached hydrogen (secondary N) is 3. The van der Waals surface area contributed by atoms with Crippen LogP contribution in [0.2, 0.25) is 0 Å². The lowest BCUT2D eigenvalue weighted by atomic mass is 9.97. The van der Waals surface area contributed by atoms with E-state index in [2.05, 4.69) is 203 Å². The molecule has 756 valence electrons. The number of hydrogen-bond donors (Lipinski definition) is 3. The van der Waals surface area contributed by atoms with Gasteiger partial charge in [0.15, 0.2) is 34.5 Å². The molecule has 0 spiro atoms. The number of benzene rings is 4. The predicted octanol–water partition coefficient (Wildman–Crippen LogP) is 34.5. The Balaban J connectivity index is 2.09. The molecular formula is C117H201N3O12. The highest BCUT2D eigenvalue weighted by molar-refractivity contribution is 6.10. The molecule has 0 aliphatic heterocycles. The summed E-state index contributed by atoms with van der Waals surface area (Å²) < 4.78 is 62.1. The van der Waals surface area contributed by atoms with E-state index in [9.17, 15) is 0 Å². The summed E-state index contributed by atoms with van der Waals surface area (Å²) in [5, 5.41) is 9.81. The van der Waals surface area contributed by atoms with Crippen LogP contribution in [0.1, 0.15) is 449 Å². The second kappa shape index (κ2) is 67.7. The third kappa shape index (κ3) is 53.9. The monoisotopic (exact) mass is 1840 g/mol. The van der Waals surface area contributed by atoms with Crippen molar-refractivity contribution < 1.29 is 57.0 Å². The van der Waals surface area contributed by atoms with Crippen molar-refractivity contribution in [3.8, 4) is 51.7 Å². The first-order chi connectivity index (χ1) is 62.8. The Labute approximate surface area is 810 Å². The third-order valence-electron chi connectivity index (χ3n) is 26.6. The Kier molecular flexibility index (Phi) is 60.4. The summed E-state index contributed by atoms with van der Waals surface area (Å²) in [5.74, 6) is 12.4. The third-order valence-corrected chi connectivity index (χ3v) is 26.6. The summed E-state index contributed by atoms with van der Waals surface area (Å²) in [7, 11) is 0. The standard InChI is InChI=1S/C117H201N3O12/c1-82(2)37-28-46-91(19)55-64-124-106-73-100(74-107(125-65-56-92(20)47-29-38-83(3)4)112(106)130-70-61-97(25)52-34-43-88(13)14)115(121)118-103-79-104(119-116(122)101-75-108(126-66-57-93(21)48-30-39-84(5)6)113(131-71-62-98(26)53-35-44-89(15)16)109(76-101)127-67-58-94(22)49-31-40-85(7)8)81-105(80-103)120-117(123)102-77-110(128-68-59-95(23)50-32-41-86(9)10)114(132-72-63-99(27)54-36-45-90(17)18)111(78-102)129-69-60-96(24)51-33-42-87(11)12/h73-99H,28-72H2,1-27H3,(H,118,121)(H,119,122)(H,120,123)/t91-,92-,93-,94-,95-,96-,97-,98-,99-/m0/s1. The number of carbonyl (C=O) groups excluding carboxylic acids is 3. The molecule has 0 heterocycles. The second-order valence-electron chi connectivity index (χ2n) is 45.2. The fourth-order valence-corrected chi connectivity index (χ4v) is 17.1. The summed E-state index contributed by atoms with van der Waals surface area (Å²) in [6, 6.07) is 16.0. The molecule has 132 heavy (non-hydrogen) atoms. The zero-order valence-electron chi connectivity index (χ0n) is 89.8. The van der Waals surface area contributed by atoms with E-state index in [4.69, 9.17) is 42.6 Å². The highest BCUT2D eigenvalue weighted by atomic mass is 16.6. The number of rotatable bonds is 78. The van der Waals surface area contributed by atoms with Crippen molar-refractivity contribution >= 4 is 34.8 Å². The van der Waals surface area contributed by atoms with Gasteiger partial charge in [0.1, 0.15) is 0 Å². The van der Waals surface area contributed by atoms with E-state index in [0.717, 1.165) is 173 Å². The molecule has 0 fully saturated rings. The molecule has 15 heteroatoms. The molecule has 0 aliphatic rings. The fraction of sp³-hybridized carbons (Fsp3) is 0.769. The van der Waals surface area contributed by atoms with Gasteiger partial charge in [-0.3, -0.25) is 14.4 Å². The van der Waals surface area contributed by atoms with Gasteiger partial charge >= 0.3 is 0 Å². The predicted molar refractivity (Wildman–Crippen MR) is 561 cm³/mol. The topological polar surface area (TPSA) is 170 Å². The van der Waals surface area contributed by atoms with Gasteiger partial charge in [0.2, 0.25) is 17.2 Å². The van der Waals surface area contributed by atoms with Crippen LogP contribution in [-0.2, 0) is 0 Å². The molecule has 3 N–H and O–H groups in total. The van der Waals surface area contributed by atoms with E-state index in [1.54, 1.807) is 54.6 Å². The molecule has 0 bridgehead atoms. The van der Waals surface area contributed by atoms with E-state index in [-0.39, 0.29) is 0 Å². The van der Waals surface area contributed by atoms with Crippen molar-refractivity contribution in [3.63, 3.8) is 0 Å². The zero-order valence-corrected chi connectivity index (χ0v) is 89.8. The molecule has 0 radical (unpaired) electrons. The Morgan fingerprint density at radius 2 is 0.311 bits per heavy atom. The van der Waals surface area contributed by atoms with Crippen molar-refractivity contribution in [1.29, 1.82) is 0 Å². The molecule has 3 amide bonds. The zero-order chi connectivity index (χ0) is 97.5. The van der Waals surface area contributed by atoms with Gasteiger partial charge in [0.25, 0.3) is 17.7 Å². The lowest BCUT2D eigenvalue weighted by Crippen LogP contribution is -2.18. The van der Waals surface area contributed by atoms with Crippen LogP contribution in [0.15, 0.2) is 54.6 Å². The van der Waals surface area contributed by atoms with E-state index in [0.29, 0.717) is 251 Å². The Hall–Kier alpha value is -6.51. The van der Waals surface area contributed by atoms with Gasteiger partial charge < -0.3 is 58.6 Å². The summed E-state index contributed by atoms with van der Waals surface area (Å²) in [6.45, 7) is 65.7. The first-order valence-electron chi connectivity index (χ1n) is 54.1. The number of ether oxygens (including phenoxy) is 9. The molecular weight excluding hydrogens is 1640 g/mol. The molecule has 0 saturated carbocycles. The van der Waals surface area contributed by atoms with E-state index in [1.807, 2.05) is 0 Å². The maximum Gasteiger partial charge on any atom is 0.255 e. The van der Waals surface area contributed by atoms with Crippen molar-refractivity contribution in [3.05, 3.63) is 71.3 Å². The average molecular weight is 1840 g/mol. The molecule has 9 atom stereocenters. The smallest absolute Gasteiger partial charge is 0.255 e. The lowest BCUT2D eigenvalue weighted by molar-refractivity contribution is 0.101. The van der Waals surface area contributed by atoms with Crippen LogP contribution in [0.4, 0.5) is 17.1 Å². The van der Waals surface area contributed by atoms with Gasteiger partial charge in [0.05, 0.1) is 59.5 Å². The van der Waals surface area contributed by atoms with Crippen LogP contribution in [-0.4, -0.2) is 77.2 Å². The molecule has 15 nitrogen and oxygen atoms in total. The summed E-state index contributed by atoms with van der Waals surface area (Å²) in [4.78, 5) is 47.4. The Morgan fingerprint density at radius 3 is 0.439 bits per heavy atom. The minimum atomic E-state index is -0.458. The quantitative estimate of drug-likeness (QED) is 0.0383. The molecule has 4 aromatic rings. The summed E-state index contributed by atoms with van der Waals surface area (Å²) in [5.41, 5.74) is 1.78. The van der Waals surface area contributed by atoms with Gasteiger partial charge in [0, 0.05) is 33.8 Å². The minimum Gasteiger partial charge on any atom is -0.490 e. The van der Waals surface area contributed by atoms with Crippen LogP contribution in [0.25, 0.3) is 0 Å². The van der Waals surface area contributed by atoms with Gasteiger partial charge in [-0.15, -0.1) is 0 Å². The Bertz CT molecular complexity index is 3180. The fourth-order valence-electron chi connectivity index (χ4n) is 17.1. The highest BCUT2D eigenvalue weighted by Crippen LogP contribution is 2.45. The van der Waals surface area contributed by atoms with Crippen LogP contribution in [0.5, 0.6) is 51.7 Å². The second-order valence-corrected chi connectivity index (χ2v) is 45.2. The average Bonchev–Trinajstić information content (AvgIpc) is 0.806. The van der Waals surface area contributed by atoms with Gasteiger partial charge in [-0.2, -0.15) is 0 Å². The molecule has 0 aromatic heterocycles. The highest BCUT2D eigenvalue weighted by Gasteiger charge is 2.27. The number of hydrogen-bond acceptors (Lipinski definition) is 12. The summed E-state index contributed by atoms with van der Waals surface area (Å²) in [6.07, 6.45) is 38.3. The van der Waals surface area contributed by atoms with Crippen molar-refractivity contribution in [1.82, 2.24) is 0 Å². The maximum atomic E-state index is 15.8. The van der Waals surface area contributed by atoms with Gasteiger partial charge in [-0.05, 0) is 219 Å². The van der Waals surface area contributed by atoms with Crippen LogP contribution < -0.4 is 58.6 Å². The SMILES string of the molecule is CC(C)CCC[C@H](C)CCOc1cc(C(=O)Nc2cc(NC(=O)c3cc(OCC[C@@H](C)CCCC(C)C)c(OCC[C@@H](C)CCCC(C)C)c(OCC[C@@H](C)CCCC(C)C)c3)cc(NC(=O)c3cc(OCC[C@@H](C)CCCC(C)C)c(OCC[C@@H](C)CCCC(C)C)c(OCC[C@@H](C)CCCC(C)C)c3)c2)cc(OCC[C@@H](C)CCCC(C)C)c1OCC[C@@H](C)CCCC(C)C. The normalized spacial score (nSPS) is 14.0. The van der Waals surface area contributed by atoms with Crippen molar-refractivity contribution in [2.45, 2.75) is 418 Å². The molecule has 0 aliphatic carbocycles. The largest absolute Gasteiger partial charge is 0.490 e. The first-order valence-corrected chi connectivity index (χ1v) is 54.1. The first kappa shape index (κ1) is 118. The van der Waals surface area contributed by atoms with E-state index >= 15 is 14.4 Å². The molecule has 0 saturated heterocycles. The van der Waals surface area contributed by atoms with Gasteiger partial charge in [-0.25, -0.2) is 0 Å². The lowest BCUT2D eigenvalue weighted by Gasteiger charge is -2.21. The van der Waals surface area contributed by atoms with Crippen LogP contribution >= 0.6 is 0 Å². The van der Waals surface area contributed by atoms with Crippen molar-refractivity contribution in [2.24, 2.45) is 107 Å². The van der Waals surface area contributed by atoms with E-state index in [1.165, 1.54) is 57.8 Å². The van der Waals surface area contributed by atoms with Crippen molar-refractivity contribution in [2.75, 3.05) is 75.4 Å². The molecule has 0 unspecified atom stereocenters. The molecule has 4 rings (SSSR count). The van der Waals surface area contributed by atoms with Gasteiger partial charge in [-0.1, -0.05) is 360 Å².